The fraction of sp³-hybridized carbons (Fsp3) is 0.929. The topological polar surface area (TPSA) is 65.9 Å². The van der Waals surface area contributed by atoms with Gasteiger partial charge in [-0.1, -0.05) is 13.8 Å². The van der Waals surface area contributed by atoms with Gasteiger partial charge >= 0.3 is 0 Å². The van der Waals surface area contributed by atoms with E-state index in [0.717, 1.165) is 6.54 Å². The van der Waals surface area contributed by atoms with Crippen LogP contribution in [0.15, 0.2) is 4.99 Å². The lowest BCUT2D eigenvalue weighted by Gasteiger charge is -2.26. The summed E-state index contributed by atoms with van der Waals surface area (Å²) in [6, 6.07) is 0. The Hall–Kier alpha value is -0.810. The van der Waals surface area contributed by atoms with E-state index in [-0.39, 0.29) is 5.60 Å². The quantitative estimate of drug-likeness (QED) is 0.463. The van der Waals surface area contributed by atoms with Crippen molar-refractivity contribution in [3.63, 3.8) is 0 Å². The van der Waals surface area contributed by atoms with Gasteiger partial charge in [0.1, 0.15) is 0 Å². The van der Waals surface area contributed by atoms with Crippen molar-refractivity contribution in [3.05, 3.63) is 0 Å². The largest absolute Gasteiger partial charge is 0.388 e. The molecule has 0 heterocycles. The summed E-state index contributed by atoms with van der Waals surface area (Å²) in [4.78, 5) is 4.45. The zero-order valence-electron chi connectivity index (χ0n) is 13.3. The van der Waals surface area contributed by atoms with Crippen LogP contribution in [0, 0.1) is 0 Å². The number of nitrogens with one attached hydrogen (secondary N) is 2. The molecule has 0 rings (SSSR count). The molecule has 0 aromatic heterocycles. The van der Waals surface area contributed by atoms with Gasteiger partial charge in [0.25, 0.3) is 0 Å². The lowest BCUT2D eigenvalue weighted by atomic mass is 9.98. The maximum absolute atomic E-state index is 10.2. The molecule has 0 aromatic carbocycles. The van der Waals surface area contributed by atoms with Gasteiger partial charge in [-0.2, -0.15) is 0 Å². The zero-order valence-corrected chi connectivity index (χ0v) is 13.3. The molecule has 0 spiro atoms. The monoisotopic (exact) mass is 273 g/mol. The summed E-state index contributed by atoms with van der Waals surface area (Å²) in [6.45, 7) is 11.9. The molecule has 0 aromatic rings. The molecule has 0 atom stereocenters. The van der Waals surface area contributed by atoms with Crippen LogP contribution in [-0.4, -0.2) is 49.0 Å². The zero-order chi connectivity index (χ0) is 14.9. The maximum atomic E-state index is 10.2. The highest BCUT2D eigenvalue weighted by Crippen LogP contribution is 2.14. The van der Waals surface area contributed by atoms with Crippen molar-refractivity contribution in [2.75, 3.05) is 26.7 Å². The summed E-state index contributed by atoms with van der Waals surface area (Å²) in [5, 5.41) is 16.6. The Balaban J connectivity index is 4.55. The van der Waals surface area contributed by atoms with Gasteiger partial charge in [-0.15, -0.1) is 0 Å². The first kappa shape index (κ1) is 18.2. The first-order chi connectivity index (χ1) is 8.82. The number of ether oxygens (including phenoxy) is 1. The average molecular weight is 273 g/mol. The van der Waals surface area contributed by atoms with Gasteiger partial charge in [-0.05, 0) is 33.6 Å². The van der Waals surface area contributed by atoms with Gasteiger partial charge < -0.3 is 20.5 Å². The number of hydrogen-bond donors (Lipinski definition) is 3. The summed E-state index contributed by atoms with van der Waals surface area (Å²) in [6.07, 6.45) is 1.41. The van der Waals surface area contributed by atoms with Gasteiger partial charge in [-0.25, -0.2) is 0 Å². The number of guanidine groups is 1. The molecule has 0 fully saturated rings. The highest BCUT2D eigenvalue weighted by Gasteiger charge is 2.22. The smallest absolute Gasteiger partial charge is 0.191 e. The molecule has 0 aliphatic rings. The van der Waals surface area contributed by atoms with Crippen LogP contribution in [0.3, 0.4) is 0 Å². The van der Waals surface area contributed by atoms with Gasteiger partial charge in [0.15, 0.2) is 5.96 Å². The predicted molar refractivity (Wildman–Crippen MR) is 80.6 cm³/mol. The third-order valence-corrected chi connectivity index (χ3v) is 3.43. The molecule has 0 aliphatic carbocycles. The van der Waals surface area contributed by atoms with Gasteiger partial charge in [-0.3, -0.25) is 4.99 Å². The Labute approximate surface area is 117 Å². The van der Waals surface area contributed by atoms with Crippen molar-refractivity contribution in [2.24, 2.45) is 4.99 Å². The Morgan fingerprint density at radius 3 is 2.16 bits per heavy atom. The van der Waals surface area contributed by atoms with Crippen LogP contribution >= 0.6 is 0 Å². The van der Waals surface area contributed by atoms with E-state index < -0.39 is 5.60 Å². The maximum Gasteiger partial charge on any atom is 0.191 e. The molecular weight excluding hydrogens is 242 g/mol. The molecule has 0 unspecified atom stereocenters. The van der Waals surface area contributed by atoms with Crippen molar-refractivity contribution >= 4 is 5.96 Å². The van der Waals surface area contributed by atoms with Gasteiger partial charge in [0.2, 0.25) is 0 Å². The average Bonchev–Trinajstić information content (AvgIpc) is 2.41. The van der Waals surface area contributed by atoms with Crippen molar-refractivity contribution < 1.29 is 9.84 Å². The van der Waals surface area contributed by atoms with Gasteiger partial charge in [0.05, 0.1) is 17.7 Å². The number of methoxy groups -OCH3 is 1. The normalized spacial score (nSPS) is 13.5. The van der Waals surface area contributed by atoms with Gasteiger partial charge in [0, 0.05) is 20.2 Å². The lowest BCUT2D eigenvalue weighted by Crippen LogP contribution is -2.46. The number of nitrogens with zero attached hydrogens (tertiary/aromatic N) is 1. The molecular formula is C14H31N3O2. The standard InChI is InChI=1S/C14H31N3O2/c1-7-14(18,8-2)11-17-12(15-9-3)16-10-13(4,5)19-6/h18H,7-11H2,1-6H3,(H2,15,16,17). The molecule has 114 valence electrons. The number of aliphatic imine (C=N–C) groups is 1. The van der Waals surface area contributed by atoms with Crippen LogP contribution in [-0.2, 0) is 4.74 Å². The molecule has 0 bridgehead atoms. The molecule has 0 radical (unpaired) electrons. The minimum absolute atomic E-state index is 0.248. The van der Waals surface area contributed by atoms with E-state index in [1.807, 2.05) is 34.6 Å². The van der Waals surface area contributed by atoms with E-state index in [0.29, 0.717) is 31.9 Å². The molecule has 5 heteroatoms. The highest BCUT2D eigenvalue weighted by atomic mass is 16.5. The summed E-state index contributed by atoms with van der Waals surface area (Å²) in [5.74, 6) is 0.716. The van der Waals surface area contributed by atoms with Crippen LogP contribution in [0.1, 0.15) is 47.5 Å². The molecule has 0 aliphatic heterocycles. The third kappa shape index (κ3) is 7.38. The summed E-state index contributed by atoms with van der Waals surface area (Å²) < 4.78 is 5.36. The summed E-state index contributed by atoms with van der Waals surface area (Å²) in [5.41, 5.74) is -0.957. The van der Waals surface area contributed by atoms with E-state index in [2.05, 4.69) is 15.6 Å². The highest BCUT2D eigenvalue weighted by molar-refractivity contribution is 5.79. The van der Waals surface area contributed by atoms with Crippen LogP contribution in [0.25, 0.3) is 0 Å². The van der Waals surface area contributed by atoms with E-state index in [1.165, 1.54) is 0 Å². The third-order valence-electron chi connectivity index (χ3n) is 3.43. The van der Waals surface area contributed by atoms with E-state index in [1.54, 1.807) is 7.11 Å². The number of hydrogen-bond acceptors (Lipinski definition) is 3. The number of aliphatic hydroxyl groups is 1. The predicted octanol–water partition coefficient (Wildman–Crippen LogP) is 1.52. The van der Waals surface area contributed by atoms with Crippen LogP contribution in [0.5, 0.6) is 0 Å². The lowest BCUT2D eigenvalue weighted by molar-refractivity contribution is 0.0266. The second-order valence-electron chi connectivity index (χ2n) is 5.44. The summed E-state index contributed by atoms with van der Waals surface area (Å²) in [7, 11) is 1.69. The Morgan fingerprint density at radius 2 is 1.74 bits per heavy atom. The first-order valence-electron chi connectivity index (χ1n) is 7.12. The van der Waals surface area contributed by atoms with E-state index in [4.69, 9.17) is 4.74 Å². The Kier molecular flexibility index (Phi) is 8.02. The van der Waals surface area contributed by atoms with Crippen molar-refractivity contribution in [2.45, 2.75) is 58.7 Å². The van der Waals surface area contributed by atoms with Crippen molar-refractivity contribution in [3.8, 4) is 0 Å². The molecule has 19 heavy (non-hydrogen) atoms. The van der Waals surface area contributed by atoms with E-state index in [9.17, 15) is 5.11 Å². The van der Waals surface area contributed by atoms with Crippen LogP contribution < -0.4 is 10.6 Å². The minimum atomic E-state index is -0.709. The molecule has 0 saturated heterocycles. The fourth-order valence-electron chi connectivity index (χ4n) is 1.41. The van der Waals surface area contributed by atoms with E-state index >= 15 is 0 Å². The second kappa shape index (κ2) is 8.38. The SMILES string of the molecule is CCNC(=NCC(O)(CC)CC)NCC(C)(C)OC. The first-order valence-corrected chi connectivity index (χ1v) is 7.12. The van der Waals surface area contributed by atoms with Crippen molar-refractivity contribution in [1.29, 1.82) is 0 Å². The van der Waals surface area contributed by atoms with Crippen molar-refractivity contribution in [1.82, 2.24) is 10.6 Å². The molecule has 3 N–H and O–H groups in total. The molecule has 0 saturated carbocycles. The molecule has 5 nitrogen and oxygen atoms in total. The Morgan fingerprint density at radius 1 is 1.16 bits per heavy atom. The molecule has 0 amide bonds. The van der Waals surface area contributed by atoms with Crippen LogP contribution in [0.2, 0.25) is 0 Å². The van der Waals surface area contributed by atoms with Crippen LogP contribution in [0.4, 0.5) is 0 Å². The number of rotatable bonds is 8. The second-order valence-corrected chi connectivity index (χ2v) is 5.44. The fourth-order valence-corrected chi connectivity index (χ4v) is 1.41. The summed E-state index contributed by atoms with van der Waals surface area (Å²) >= 11 is 0. The minimum Gasteiger partial charge on any atom is -0.388 e. The Bertz CT molecular complexity index is 274.